The summed E-state index contributed by atoms with van der Waals surface area (Å²) < 4.78 is 14.0. The van der Waals surface area contributed by atoms with Gasteiger partial charge in [-0.3, -0.25) is 0 Å². The van der Waals surface area contributed by atoms with Gasteiger partial charge in [0.25, 0.3) is 0 Å². The van der Waals surface area contributed by atoms with E-state index >= 15 is 0 Å². The quantitative estimate of drug-likeness (QED) is 0.827. The van der Waals surface area contributed by atoms with Gasteiger partial charge in [-0.15, -0.1) is 0 Å². The molecule has 2 nitrogen and oxygen atoms in total. The van der Waals surface area contributed by atoms with Gasteiger partial charge in [-0.2, -0.15) is 0 Å². The zero-order valence-electron chi connectivity index (χ0n) is 10.6. The number of hydrogen-bond donors (Lipinski definition) is 2. The van der Waals surface area contributed by atoms with Crippen molar-refractivity contribution in [2.75, 3.05) is 0 Å². The van der Waals surface area contributed by atoms with Gasteiger partial charge < -0.3 is 10.8 Å². The largest absolute Gasteiger partial charge is 0.391 e. The molecule has 0 unspecified atom stereocenters. The van der Waals surface area contributed by atoms with Crippen LogP contribution in [0.5, 0.6) is 0 Å². The average Bonchev–Trinajstić information content (AvgIpc) is 2.43. The molecular formula is C14H18Cl2FNO. The maximum absolute atomic E-state index is 14.0. The molecule has 1 aliphatic rings. The van der Waals surface area contributed by atoms with Crippen molar-refractivity contribution in [2.24, 2.45) is 11.7 Å². The highest BCUT2D eigenvalue weighted by atomic mass is 35.5. The molecule has 1 aromatic rings. The molecule has 1 fully saturated rings. The zero-order valence-corrected chi connectivity index (χ0v) is 12.1. The lowest BCUT2D eigenvalue weighted by atomic mass is 9.81. The molecule has 1 aromatic carbocycles. The number of nitrogens with two attached hydrogens (primary N) is 1. The maximum Gasteiger partial charge on any atom is 0.148 e. The molecule has 19 heavy (non-hydrogen) atoms. The smallest absolute Gasteiger partial charge is 0.148 e. The molecule has 0 amide bonds. The van der Waals surface area contributed by atoms with Gasteiger partial charge in [-0.1, -0.05) is 42.5 Å². The first-order valence-electron chi connectivity index (χ1n) is 6.59. The van der Waals surface area contributed by atoms with Gasteiger partial charge in [0.15, 0.2) is 0 Å². The molecule has 2 rings (SSSR count). The van der Waals surface area contributed by atoms with Crippen molar-refractivity contribution in [1.29, 1.82) is 0 Å². The van der Waals surface area contributed by atoms with Crippen LogP contribution in [0.3, 0.4) is 0 Å². The number of aliphatic hydroxyl groups is 1. The van der Waals surface area contributed by atoms with Crippen molar-refractivity contribution < 1.29 is 9.50 Å². The summed E-state index contributed by atoms with van der Waals surface area (Å²) in [4.78, 5) is 0. The van der Waals surface area contributed by atoms with Crippen molar-refractivity contribution in [2.45, 2.75) is 44.2 Å². The predicted octanol–water partition coefficient (Wildman–Crippen LogP) is 4.07. The Balaban J connectivity index is 2.23. The standard InChI is InChI=1S/C14H18Cl2FNO/c15-9-6-7-10(16)12(17)11(9)13(18)14(19)8-4-2-1-3-5-8/h6-8,13-14,19H,1-5,18H2/t13-,14+/m1/s1. The SMILES string of the molecule is N[C@H](c1c(Cl)ccc(Cl)c1F)[C@@H](O)C1CCCCC1. The predicted molar refractivity (Wildman–Crippen MR) is 75.9 cm³/mol. The summed E-state index contributed by atoms with van der Waals surface area (Å²) >= 11 is 11.7. The Kier molecular flexibility index (Phi) is 5.07. The minimum absolute atomic E-state index is 0.0225. The van der Waals surface area contributed by atoms with Crippen LogP contribution in [-0.2, 0) is 0 Å². The van der Waals surface area contributed by atoms with Gasteiger partial charge in [-0.05, 0) is 30.9 Å². The zero-order chi connectivity index (χ0) is 14.0. The number of halogens is 3. The first kappa shape index (κ1) is 15.0. The van der Waals surface area contributed by atoms with Crippen molar-refractivity contribution >= 4 is 23.2 Å². The Morgan fingerprint density at radius 3 is 2.37 bits per heavy atom. The number of aliphatic hydroxyl groups excluding tert-OH is 1. The van der Waals surface area contributed by atoms with E-state index in [1.54, 1.807) is 0 Å². The normalized spacial score (nSPS) is 20.3. The van der Waals surface area contributed by atoms with E-state index in [0.29, 0.717) is 0 Å². The Morgan fingerprint density at radius 1 is 1.16 bits per heavy atom. The molecule has 3 N–H and O–H groups in total. The lowest BCUT2D eigenvalue weighted by Gasteiger charge is -2.31. The van der Waals surface area contributed by atoms with Gasteiger partial charge in [0, 0.05) is 10.6 Å². The number of benzene rings is 1. The first-order chi connectivity index (χ1) is 9.02. The molecule has 0 aromatic heterocycles. The second-order valence-corrected chi connectivity index (χ2v) is 5.99. The van der Waals surface area contributed by atoms with E-state index in [1.807, 2.05) is 0 Å². The third kappa shape index (κ3) is 3.22. The van der Waals surface area contributed by atoms with E-state index in [9.17, 15) is 9.50 Å². The fourth-order valence-electron chi connectivity index (χ4n) is 2.79. The van der Waals surface area contributed by atoms with E-state index in [0.717, 1.165) is 25.7 Å². The Morgan fingerprint density at radius 2 is 1.74 bits per heavy atom. The van der Waals surface area contributed by atoms with Crippen LogP contribution in [-0.4, -0.2) is 11.2 Å². The lowest BCUT2D eigenvalue weighted by Crippen LogP contribution is -2.35. The van der Waals surface area contributed by atoms with Gasteiger partial charge >= 0.3 is 0 Å². The summed E-state index contributed by atoms with van der Waals surface area (Å²) in [5, 5.41) is 10.5. The van der Waals surface area contributed by atoms with Crippen molar-refractivity contribution in [3.63, 3.8) is 0 Å². The minimum Gasteiger partial charge on any atom is -0.391 e. The van der Waals surface area contributed by atoms with E-state index in [1.165, 1.54) is 18.6 Å². The summed E-state index contributed by atoms with van der Waals surface area (Å²) in [5.74, 6) is -0.519. The number of hydrogen-bond acceptors (Lipinski definition) is 2. The molecule has 2 atom stereocenters. The van der Waals surface area contributed by atoms with Gasteiger partial charge in [-0.25, -0.2) is 4.39 Å². The third-order valence-corrected chi connectivity index (χ3v) is 4.54. The molecule has 0 spiro atoms. The fraction of sp³-hybridized carbons (Fsp3) is 0.571. The second-order valence-electron chi connectivity index (χ2n) is 5.17. The fourth-order valence-corrected chi connectivity index (χ4v) is 3.22. The van der Waals surface area contributed by atoms with E-state index in [-0.39, 0.29) is 21.5 Å². The summed E-state index contributed by atoms with van der Waals surface area (Å²) in [6.07, 6.45) is 4.42. The van der Waals surface area contributed by atoms with E-state index in [4.69, 9.17) is 28.9 Å². The van der Waals surface area contributed by atoms with Crippen LogP contribution >= 0.6 is 23.2 Å². The second kappa shape index (κ2) is 6.40. The minimum atomic E-state index is -0.839. The molecule has 0 radical (unpaired) electrons. The lowest BCUT2D eigenvalue weighted by molar-refractivity contribution is 0.0608. The Bertz CT molecular complexity index is 449. The van der Waals surface area contributed by atoms with Crippen LogP contribution in [0.2, 0.25) is 10.0 Å². The van der Waals surface area contributed by atoms with Crippen LogP contribution in [0.25, 0.3) is 0 Å². The van der Waals surface area contributed by atoms with E-state index < -0.39 is 18.0 Å². The van der Waals surface area contributed by atoms with Crippen LogP contribution in [0.1, 0.15) is 43.7 Å². The first-order valence-corrected chi connectivity index (χ1v) is 7.35. The average molecular weight is 306 g/mol. The molecule has 1 saturated carbocycles. The van der Waals surface area contributed by atoms with Crippen molar-refractivity contribution in [1.82, 2.24) is 0 Å². The monoisotopic (exact) mass is 305 g/mol. The Hall–Kier alpha value is -0.350. The topological polar surface area (TPSA) is 46.2 Å². The van der Waals surface area contributed by atoms with Crippen molar-refractivity contribution in [3.8, 4) is 0 Å². The van der Waals surface area contributed by atoms with Crippen LogP contribution < -0.4 is 5.73 Å². The molecule has 0 saturated heterocycles. The highest BCUT2D eigenvalue weighted by molar-refractivity contribution is 6.33. The summed E-state index contributed by atoms with van der Waals surface area (Å²) in [6.45, 7) is 0. The maximum atomic E-state index is 14.0. The van der Waals surface area contributed by atoms with E-state index in [2.05, 4.69) is 0 Å². The van der Waals surface area contributed by atoms with Crippen molar-refractivity contribution in [3.05, 3.63) is 33.6 Å². The van der Waals surface area contributed by atoms with Gasteiger partial charge in [0.1, 0.15) is 5.82 Å². The Labute approximate surface area is 122 Å². The van der Waals surface area contributed by atoms with Crippen LogP contribution in [0.4, 0.5) is 4.39 Å². The third-order valence-electron chi connectivity index (χ3n) is 3.91. The molecule has 0 aliphatic heterocycles. The van der Waals surface area contributed by atoms with Crippen LogP contribution in [0, 0.1) is 11.7 Å². The van der Waals surface area contributed by atoms with Crippen LogP contribution in [0.15, 0.2) is 12.1 Å². The molecule has 0 bridgehead atoms. The molecule has 5 heteroatoms. The van der Waals surface area contributed by atoms with Gasteiger partial charge in [0.2, 0.25) is 0 Å². The number of rotatable bonds is 3. The van der Waals surface area contributed by atoms with Gasteiger partial charge in [0.05, 0.1) is 17.2 Å². The molecule has 0 heterocycles. The highest BCUT2D eigenvalue weighted by Crippen LogP contribution is 2.36. The molecule has 1 aliphatic carbocycles. The molecule has 106 valence electrons. The molecular weight excluding hydrogens is 288 g/mol. The summed E-state index contributed by atoms with van der Waals surface area (Å²) in [5.41, 5.74) is 6.12. The highest BCUT2D eigenvalue weighted by Gasteiger charge is 2.31. The summed E-state index contributed by atoms with van der Waals surface area (Å²) in [7, 11) is 0. The summed E-state index contributed by atoms with van der Waals surface area (Å²) in [6, 6.07) is 2.06.